The Hall–Kier alpha value is -5.00. The molecule has 0 aromatic heterocycles. The van der Waals surface area contributed by atoms with E-state index < -0.39 is 30.2 Å². The lowest BCUT2D eigenvalue weighted by molar-refractivity contribution is -0.139. The van der Waals surface area contributed by atoms with E-state index in [1.807, 2.05) is 18.2 Å². The van der Waals surface area contributed by atoms with E-state index in [2.05, 4.69) is 23.8 Å². The number of nitrogens with one attached hydrogen (secondary N) is 2. The summed E-state index contributed by atoms with van der Waals surface area (Å²) in [6, 6.07) is 16.2. The zero-order chi connectivity index (χ0) is 35.0. The molecule has 262 valence electrons. The second-order valence-electron chi connectivity index (χ2n) is 11.0. The van der Waals surface area contributed by atoms with Crippen molar-refractivity contribution in [1.29, 1.82) is 0 Å². The van der Waals surface area contributed by atoms with Crippen LogP contribution in [0.1, 0.15) is 57.9 Å². The average Bonchev–Trinajstić information content (AvgIpc) is 3.08. The Morgan fingerprint density at radius 3 is 1.79 bits per heavy atom. The number of amides is 2. The molecule has 0 bridgehead atoms. The fourth-order valence-electron chi connectivity index (χ4n) is 3.92. The number of hydrogen-bond donors (Lipinski definition) is 2. The van der Waals surface area contributed by atoms with Crippen molar-refractivity contribution < 1.29 is 47.6 Å². The average molecular weight is 669 g/mol. The molecule has 2 rings (SSSR count). The highest BCUT2D eigenvalue weighted by Gasteiger charge is 2.18. The van der Waals surface area contributed by atoms with Crippen LogP contribution in [0.25, 0.3) is 0 Å². The van der Waals surface area contributed by atoms with Gasteiger partial charge in [0.2, 0.25) is 0 Å². The van der Waals surface area contributed by atoms with Crippen LogP contribution in [0.5, 0.6) is 11.5 Å². The second kappa shape index (κ2) is 23.3. The quantitative estimate of drug-likeness (QED) is 0.0621. The van der Waals surface area contributed by atoms with Crippen molar-refractivity contribution in [3.63, 3.8) is 0 Å². The number of benzene rings is 2. The number of rotatable bonds is 23. The Morgan fingerprint density at radius 1 is 0.646 bits per heavy atom. The summed E-state index contributed by atoms with van der Waals surface area (Å²) in [5.41, 5.74) is 1.35. The number of hydrogen-bond acceptors (Lipinski definition) is 10. The van der Waals surface area contributed by atoms with Crippen molar-refractivity contribution in [2.24, 2.45) is 0 Å². The maximum Gasteiger partial charge on any atom is 0.407 e. The van der Waals surface area contributed by atoms with Crippen molar-refractivity contribution in [3.05, 3.63) is 84.5 Å². The minimum atomic E-state index is -0.756. The molecule has 2 aromatic rings. The topological polar surface area (TPSA) is 148 Å². The Morgan fingerprint density at radius 2 is 1.19 bits per heavy atom. The van der Waals surface area contributed by atoms with Crippen LogP contribution in [0, 0.1) is 0 Å². The van der Waals surface area contributed by atoms with Crippen molar-refractivity contribution >= 4 is 24.1 Å². The van der Waals surface area contributed by atoms with Crippen LogP contribution < -0.4 is 20.1 Å². The van der Waals surface area contributed by atoms with E-state index in [0.29, 0.717) is 80.2 Å². The van der Waals surface area contributed by atoms with Gasteiger partial charge in [-0.15, -0.1) is 0 Å². The first-order valence-corrected chi connectivity index (χ1v) is 16.0. The summed E-state index contributed by atoms with van der Waals surface area (Å²) in [7, 11) is 0. The zero-order valence-electron chi connectivity index (χ0n) is 28.0. The van der Waals surface area contributed by atoms with E-state index in [9.17, 15) is 19.2 Å². The first kappa shape index (κ1) is 39.2. The SMILES string of the molecule is C=C(C)C(=O)OCCCCCNC(=O)OCc1ccccc1OCC(COc1ccccc1)OC(=O)NCCCCCOC(=O)C(=C)C. The maximum absolute atomic E-state index is 12.6. The fourth-order valence-corrected chi connectivity index (χ4v) is 3.92. The van der Waals surface area contributed by atoms with Gasteiger partial charge in [-0.2, -0.15) is 0 Å². The van der Waals surface area contributed by atoms with Crippen LogP contribution in [0.15, 0.2) is 78.9 Å². The molecule has 0 radical (unpaired) electrons. The predicted octanol–water partition coefficient (Wildman–Crippen LogP) is 6.04. The van der Waals surface area contributed by atoms with Crippen LogP contribution in [0.3, 0.4) is 0 Å². The minimum absolute atomic E-state index is 0.0147. The molecule has 2 N–H and O–H groups in total. The van der Waals surface area contributed by atoms with E-state index in [4.69, 9.17) is 28.4 Å². The molecule has 1 unspecified atom stereocenters. The van der Waals surface area contributed by atoms with Gasteiger partial charge in [0.25, 0.3) is 0 Å². The van der Waals surface area contributed by atoms with Gasteiger partial charge in [0.05, 0.1) is 13.2 Å². The maximum atomic E-state index is 12.6. The second-order valence-corrected chi connectivity index (χ2v) is 11.0. The van der Waals surface area contributed by atoms with Gasteiger partial charge in [0.15, 0.2) is 6.10 Å². The molecular formula is C36H48N2O10. The summed E-state index contributed by atoms with van der Waals surface area (Å²) in [5.74, 6) is 0.264. The zero-order valence-corrected chi connectivity index (χ0v) is 28.0. The first-order valence-electron chi connectivity index (χ1n) is 16.0. The molecule has 0 saturated heterocycles. The molecule has 0 aliphatic heterocycles. The highest BCUT2D eigenvalue weighted by Crippen LogP contribution is 2.20. The molecule has 0 aliphatic rings. The van der Waals surface area contributed by atoms with E-state index in [-0.39, 0.29) is 19.8 Å². The van der Waals surface area contributed by atoms with Crippen LogP contribution in [0.4, 0.5) is 9.59 Å². The van der Waals surface area contributed by atoms with Gasteiger partial charge in [-0.3, -0.25) is 0 Å². The summed E-state index contributed by atoms with van der Waals surface area (Å²) in [6.07, 6.45) is 2.30. The van der Waals surface area contributed by atoms with E-state index >= 15 is 0 Å². The van der Waals surface area contributed by atoms with Crippen molar-refractivity contribution in [1.82, 2.24) is 10.6 Å². The Kier molecular flexibility index (Phi) is 19.1. The lowest BCUT2D eigenvalue weighted by Crippen LogP contribution is -2.36. The number of para-hydroxylation sites is 2. The van der Waals surface area contributed by atoms with Crippen LogP contribution >= 0.6 is 0 Å². The molecule has 0 aliphatic carbocycles. The number of esters is 2. The van der Waals surface area contributed by atoms with Crippen LogP contribution in [0.2, 0.25) is 0 Å². The molecule has 0 fully saturated rings. The lowest BCUT2D eigenvalue weighted by atomic mass is 10.2. The third-order valence-electron chi connectivity index (χ3n) is 6.55. The molecule has 48 heavy (non-hydrogen) atoms. The van der Waals surface area contributed by atoms with Gasteiger partial charge < -0.3 is 39.1 Å². The molecule has 1 atom stereocenters. The molecule has 0 heterocycles. The van der Waals surface area contributed by atoms with Crippen molar-refractivity contribution in [2.45, 2.75) is 65.1 Å². The highest BCUT2D eigenvalue weighted by atomic mass is 16.6. The molecular weight excluding hydrogens is 620 g/mol. The summed E-state index contributed by atoms with van der Waals surface area (Å²) >= 11 is 0. The van der Waals surface area contributed by atoms with Crippen LogP contribution in [-0.2, 0) is 35.1 Å². The van der Waals surface area contributed by atoms with Crippen LogP contribution in [-0.4, -0.2) is 69.7 Å². The van der Waals surface area contributed by atoms with Crippen molar-refractivity contribution in [3.8, 4) is 11.5 Å². The number of carbonyl (C=O) groups is 4. The minimum Gasteiger partial charge on any atom is -0.490 e. The molecule has 12 heteroatoms. The Bertz CT molecular complexity index is 1310. The largest absolute Gasteiger partial charge is 0.490 e. The Labute approximate surface area is 282 Å². The fraction of sp³-hybridized carbons (Fsp3) is 0.444. The normalized spacial score (nSPS) is 11.0. The van der Waals surface area contributed by atoms with Gasteiger partial charge in [-0.05, 0) is 70.6 Å². The summed E-state index contributed by atoms with van der Waals surface area (Å²) < 4.78 is 32.9. The van der Waals surface area contributed by atoms with Gasteiger partial charge in [0.1, 0.15) is 31.3 Å². The summed E-state index contributed by atoms with van der Waals surface area (Å²) in [6.45, 7) is 11.7. The third-order valence-corrected chi connectivity index (χ3v) is 6.55. The van der Waals surface area contributed by atoms with E-state index in [0.717, 1.165) is 12.8 Å². The summed E-state index contributed by atoms with van der Waals surface area (Å²) in [5, 5.41) is 5.44. The van der Waals surface area contributed by atoms with E-state index in [1.165, 1.54) is 0 Å². The molecule has 2 aromatic carbocycles. The lowest BCUT2D eigenvalue weighted by Gasteiger charge is -2.20. The molecule has 0 spiro atoms. The van der Waals surface area contributed by atoms with Gasteiger partial charge in [-0.1, -0.05) is 49.6 Å². The Balaban J connectivity index is 1.78. The number of unbranched alkanes of at least 4 members (excludes halogenated alkanes) is 4. The van der Waals surface area contributed by atoms with Gasteiger partial charge >= 0.3 is 24.1 Å². The first-order chi connectivity index (χ1) is 23.2. The molecule has 12 nitrogen and oxygen atoms in total. The number of alkyl carbamates (subject to hydrolysis) is 2. The van der Waals surface area contributed by atoms with Gasteiger partial charge in [0, 0.05) is 29.8 Å². The molecule has 2 amide bonds. The van der Waals surface area contributed by atoms with Gasteiger partial charge in [-0.25, -0.2) is 19.2 Å². The number of carbonyl (C=O) groups excluding carboxylic acids is 4. The number of ether oxygens (including phenoxy) is 6. The summed E-state index contributed by atoms with van der Waals surface area (Å²) in [4.78, 5) is 47.6. The smallest absolute Gasteiger partial charge is 0.407 e. The third kappa shape index (κ3) is 17.6. The standard InChI is InChI=1S/C36H48N2O10/c1-27(2)33(39)43-22-14-6-12-20-37-35(41)47-24-29-16-10-11-19-32(29)46-26-31(25-45-30-17-8-5-9-18-30)48-36(42)38-21-13-7-15-23-44-34(40)28(3)4/h5,8-11,16-19,31H,1,3,6-7,12-15,20-26H2,2,4H3,(H,37,41)(H,38,42). The monoisotopic (exact) mass is 668 g/mol. The highest BCUT2D eigenvalue weighted by molar-refractivity contribution is 5.87. The van der Waals surface area contributed by atoms with Crippen molar-refractivity contribution in [2.75, 3.05) is 39.5 Å². The molecule has 0 saturated carbocycles. The van der Waals surface area contributed by atoms with E-state index in [1.54, 1.807) is 50.2 Å². The predicted molar refractivity (Wildman–Crippen MR) is 180 cm³/mol.